The molecule has 19 heavy (non-hydrogen) atoms. The number of nitrogens with two attached hydrogens (primary N) is 1. The van der Waals surface area contributed by atoms with Crippen molar-refractivity contribution in [3.8, 4) is 5.75 Å². The van der Waals surface area contributed by atoms with Crippen molar-refractivity contribution in [3.05, 3.63) is 63.4 Å². The fraction of sp³-hybridized carbons (Fsp3) is 0.143. The molecule has 0 spiro atoms. The van der Waals surface area contributed by atoms with E-state index in [4.69, 9.17) is 33.7 Å². The van der Waals surface area contributed by atoms with Gasteiger partial charge in [-0.3, -0.25) is 0 Å². The summed E-state index contributed by atoms with van der Waals surface area (Å²) in [4.78, 5) is 0. The molecule has 2 aromatic rings. The van der Waals surface area contributed by atoms with Gasteiger partial charge in [-0.1, -0.05) is 29.3 Å². The molecule has 1 atom stereocenters. The van der Waals surface area contributed by atoms with E-state index in [2.05, 4.69) is 0 Å². The number of hydrogen-bond acceptors (Lipinski definition) is 2. The molecule has 0 aliphatic heterocycles. The van der Waals surface area contributed by atoms with Crippen LogP contribution in [0.1, 0.15) is 17.2 Å². The van der Waals surface area contributed by atoms with E-state index in [1.165, 1.54) is 13.2 Å². The maximum absolute atomic E-state index is 14.0. The normalized spacial score (nSPS) is 12.3. The van der Waals surface area contributed by atoms with Crippen molar-refractivity contribution < 1.29 is 9.13 Å². The van der Waals surface area contributed by atoms with Gasteiger partial charge in [-0.25, -0.2) is 4.39 Å². The summed E-state index contributed by atoms with van der Waals surface area (Å²) in [5.74, 6) is -0.0635. The highest BCUT2D eigenvalue weighted by Gasteiger charge is 2.20. The average Bonchev–Trinajstić information content (AvgIpc) is 2.40. The molecule has 2 nitrogen and oxygen atoms in total. The second-order valence-electron chi connectivity index (χ2n) is 4.00. The highest BCUT2D eigenvalue weighted by atomic mass is 35.5. The Kier molecular flexibility index (Phi) is 4.30. The van der Waals surface area contributed by atoms with Gasteiger partial charge in [0.15, 0.2) is 0 Å². The van der Waals surface area contributed by atoms with Gasteiger partial charge in [0.25, 0.3) is 0 Å². The molecule has 0 aliphatic carbocycles. The van der Waals surface area contributed by atoms with Crippen LogP contribution in [0, 0.1) is 5.82 Å². The first-order valence-electron chi connectivity index (χ1n) is 5.57. The molecule has 0 saturated carbocycles. The number of benzene rings is 2. The summed E-state index contributed by atoms with van der Waals surface area (Å²) < 4.78 is 19.1. The fourth-order valence-electron chi connectivity index (χ4n) is 1.91. The van der Waals surface area contributed by atoms with Crippen molar-refractivity contribution >= 4 is 23.2 Å². The molecule has 0 amide bonds. The molecule has 0 bridgehead atoms. The Morgan fingerprint density at radius 2 is 1.95 bits per heavy atom. The van der Waals surface area contributed by atoms with Crippen molar-refractivity contribution in [2.75, 3.05) is 7.11 Å². The summed E-state index contributed by atoms with van der Waals surface area (Å²) in [7, 11) is 1.46. The molecule has 0 aliphatic rings. The van der Waals surface area contributed by atoms with Crippen molar-refractivity contribution in [2.24, 2.45) is 5.73 Å². The lowest BCUT2D eigenvalue weighted by molar-refractivity contribution is 0.402. The minimum atomic E-state index is -0.748. The van der Waals surface area contributed by atoms with Crippen LogP contribution in [0.3, 0.4) is 0 Å². The van der Waals surface area contributed by atoms with Crippen molar-refractivity contribution in [2.45, 2.75) is 6.04 Å². The molecular formula is C14H12Cl2FNO. The van der Waals surface area contributed by atoms with Crippen LogP contribution in [0.5, 0.6) is 5.75 Å². The third-order valence-electron chi connectivity index (χ3n) is 2.84. The maximum atomic E-state index is 14.0. The highest BCUT2D eigenvalue weighted by Crippen LogP contribution is 2.34. The molecule has 0 radical (unpaired) electrons. The Morgan fingerprint density at radius 3 is 2.63 bits per heavy atom. The summed E-state index contributed by atoms with van der Waals surface area (Å²) in [6, 6.07) is 8.70. The third-order valence-corrected chi connectivity index (χ3v) is 3.42. The smallest absolute Gasteiger partial charge is 0.132 e. The minimum Gasteiger partial charge on any atom is -0.496 e. The van der Waals surface area contributed by atoms with Gasteiger partial charge in [0.05, 0.1) is 18.7 Å². The lowest BCUT2D eigenvalue weighted by Crippen LogP contribution is -2.15. The van der Waals surface area contributed by atoms with Crippen LogP contribution in [0.15, 0.2) is 36.4 Å². The monoisotopic (exact) mass is 299 g/mol. The van der Waals surface area contributed by atoms with Crippen LogP contribution in [-0.2, 0) is 0 Å². The fourth-order valence-corrected chi connectivity index (χ4v) is 2.32. The summed E-state index contributed by atoms with van der Waals surface area (Å²) in [5, 5.41) is 0.923. The van der Waals surface area contributed by atoms with Gasteiger partial charge in [-0.15, -0.1) is 0 Å². The van der Waals surface area contributed by atoms with E-state index in [9.17, 15) is 4.39 Å². The first kappa shape index (κ1) is 14.1. The zero-order valence-electron chi connectivity index (χ0n) is 10.2. The van der Waals surface area contributed by atoms with Gasteiger partial charge >= 0.3 is 0 Å². The van der Waals surface area contributed by atoms with Crippen LogP contribution in [-0.4, -0.2) is 7.11 Å². The Morgan fingerprint density at radius 1 is 1.21 bits per heavy atom. The van der Waals surface area contributed by atoms with Crippen molar-refractivity contribution in [1.82, 2.24) is 0 Å². The van der Waals surface area contributed by atoms with E-state index in [0.717, 1.165) is 0 Å². The number of halogens is 3. The van der Waals surface area contributed by atoms with Gasteiger partial charge in [-0.05, 0) is 35.9 Å². The third kappa shape index (κ3) is 2.84. The van der Waals surface area contributed by atoms with E-state index >= 15 is 0 Å². The van der Waals surface area contributed by atoms with Gasteiger partial charge in [-0.2, -0.15) is 0 Å². The Balaban J connectivity index is 2.55. The van der Waals surface area contributed by atoms with Crippen LogP contribution in [0.2, 0.25) is 10.0 Å². The molecule has 0 fully saturated rings. The zero-order chi connectivity index (χ0) is 14.0. The molecule has 5 heteroatoms. The van der Waals surface area contributed by atoms with E-state index in [0.29, 0.717) is 21.4 Å². The number of methoxy groups -OCH3 is 1. The zero-order valence-corrected chi connectivity index (χ0v) is 11.7. The van der Waals surface area contributed by atoms with E-state index < -0.39 is 11.9 Å². The van der Waals surface area contributed by atoms with Gasteiger partial charge in [0.2, 0.25) is 0 Å². The van der Waals surface area contributed by atoms with Crippen molar-refractivity contribution in [1.29, 1.82) is 0 Å². The molecule has 0 saturated heterocycles. The second-order valence-corrected chi connectivity index (χ2v) is 4.84. The molecule has 2 rings (SSSR count). The maximum Gasteiger partial charge on any atom is 0.132 e. The molecule has 2 N–H and O–H groups in total. The topological polar surface area (TPSA) is 35.2 Å². The molecule has 0 heterocycles. The van der Waals surface area contributed by atoms with Crippen molar-refractivity contribution in [3.63, 3.8) is 0 Å². The number of ether oxygens (including phenoxy) is 1. The number of rotatable bonds is 3. The largest absolute Gasteiger partial charge is 0.496 e. The molecular weight excluding hydrogens is 288 g/mol. The van der Waals surface area contributed by atoms with E-state index in [1.807, 2.05) is 0 Å². The Hall–Kier alpha value is -1.29. The molecule has 0 aromatic heterocycles. The van der Waals surface area contributed by atoms with Gasteiger partial charge < -0.3 is 10.5 Å². The van der Waals surface area contributed by atoms with Gasteiger partial charge in [0, 0.05) is 10.0 Å². The van der Waals surface area contributed by atoms with Gasteiger partial charge in [0.1, 0.15) is 11.6 Å². The van der Waals surface area contributed by atoms with E-state index in [1.54, 1.807) is 30.3 Å². The van der Waals surface area contributed by atoms with Crippen LogP contribution < -0.4 is 10.5 Å². The molecule has 100 valence electrons. The lowest BCUT2D eigenvalue weighted by Gasteiger charge is -2.18. The summed E-state index contributed by atoms with van der Waals surface area (Å²) in [6.45, 7) is 0. The van der Waals surface area contributed by atoms with E-state index in [-0.39, 0.29) is 5.56 Å². The summed E-state index contributed by atoms with van der Waals surface area (Å²) in [5.41, 5.74) is 6.91. The predicted molar refractivity (Wildman–Crippen MR) is 75.4 cm³/mol. The highest BCUT2D eigenvalue weighted by molar-refractivity contribution is 6.33. The van der Waals surface area contributed by atoms with Crippen LogP contribution >= 0.6 is 23.2 Å². The average molecular weight is 300 g/mol. The van der Waals surface area contributed by atoms with Crippen LogP contribution in [0.25, 0.3) is 0 Å². The SMILES string of the molecule is COc1cccc(F)c1C(N)c1cc(Cl)ccc1Cl. The summed E-state index contributed by atoms with van der Waals surface area (Å²) in [6.07, 6.45) is 0. The molecule has 1 unspecified atom stereocenters. The Labute approximate surface area is 120 Å². The summed E-state index contributed by atoms with van der Waals surface area (Å²) >= 11 is 12.0. The quantitative estimate of drug-likeness (QED) is 0.922. The Bertz CT molecular complexity index is 604. The second kappa shape index (κ2) is 5.78. The first-order chi connectivity index (χ1) is 9.04. The molecule has 2 aromatic carbocycles. The minimum absolute atomic E-state index is 0.258. The lowest BCUT2D eigenvalue weighted by atomic mass is 9.98. The first-order valence-corrected chi connectivity index (χ1v) is 6.33. The predicted octanol–water partition coefficient (Wildman–Crippen LogP) is 4.19. The standard InChI is InChI=1S/C14H12Cl2FNO/c1-19-12-4-2-3-11(17)13(12)14(18)9-7-8(15)5-6-10(9)16/h2-7,14H,18H2,1H3. The van der Waals surface area contributed by atoms with Crippen LogP contribution in [0.4, 0.5) is 4.39 Å². The number of hydrogen-bond donors (Lipinski definition) is 1.